The predicted octanol–water partition coefficient (Wildman–Crippen LogP) is 5.81. The molecule has 1 aliphatic rings. The molecule has 1 aliphatic heterocycles. The van der Waals surface area contributed by atoms with Crippen LogP contribution in [0.1, 0.15) is 95.4 Å². The number of thiazole rings is 1. The highest BCUT2D eigenvalue weighted by atomic mass is 32.1. The van der Waals surface area contributed by atoms with Crippen molar-refractivity contribution in [3.05, 3.63) is 16.1 Å². The van der Waals surface area contributed by atoms with Crippen molar-refractivity contribution in [2.24, 2.45) is 0 Å². The van der Waals surface area contributed by atoms with Crippen LogP contribution in [-0.4, -0.2) is 49.7 Å². The Labute approximate surface area is 192 Å². The lowest BCUT2D eigenvalue weighted by Crippen LogP contribution is -2.38. The molecule has 0 aromatic carbocycles. The Morgan fingerprint density at radius 3 is 2.13 bits per heavy atom. The molecule has 0 saturated carbocycles. The summed E-state index contributed by atoms with van der Waals surface area (Å²) in [6, 6.07) is 2.12. The second kappa shape index (κ2) is 15.7. The van der Waals surface area contributed by atoms with Gasteiger partial charge in [-0.2, -0.15) is 5.26 Å². The van der Waals surface area contributed by atoms with E-state index in [1.807, 2.05) is 0 Å². The van der Waals surface area contributed by atoms with Gasteiger partial charge in [0.25, 0.3) is 0 Å². The maximum absolute atomic E-state index is 9.20. The molecule has 0 radical (unpaired) electrons. The summed E-state index contributed by atoms with van der Waals surface area (Å²) >= 11 is 1.45. The molecule has 1 aromatic heterocycles. The molecule has 0 bridgehead atoms. The average molecular weight is 453 g/mol. The molecule has 7 heteroatoms. The van der Waals surface area contributed by atoms with Gasteiger partial charge in [0.15, 0.2) is 5.69 Å². The lowest BCUT2D eigenvalue weighted by molar-refractivity contribution is -0.0798. The minimum Gasteiger partial charge on any atom is -0.379 e. The van der Waals surface area contributed by atoms with E-state index in [0.717, 1.165) is 56.6 Å². The van der Waals surface area contributed by atoms with Crippen molar-refractivity contribution in [3.63, 3.8) is 0 Å². The fourth-order valence-corrected chi connectivity index (χ4v) is 4.52. The zero-order chi connectivity index (χ0) is 22.3. The first kappa shape index (κ1) is 26.2. The van der Waals surface area contributed by atoms with Gasteiger partial charge in [-0.25, -0.2) is 4.98 Å². The van der Waals surface area contributed by atoms with E-state index in [4.69, 9.17) is 18.9 Å². The van der Waals surface area contributed by atoms with Gasteiger partial charge in [-0.05, 0) is 19.3 Å². The summed E-state index contributed by atoms with van der Waals surface area (Å²) in [7, 11) is 0. The minimum absolute atomic E-state index is 0.191. The van der Waals surface area contributed by atoms with Crippen molar-refractivity contribution in [1.29, 1.82) is 5.26 Å². The van der Waals surface area contributed by atoms with Gasteiger partial charge >= 0.3 is 0 Å². The summed E-state index contributed by atoms with van der Waals surface area (Å²) in [6.45, 7) is 9.16. The van der Waals surface area contributed by atoms with Crippen molar-refractivity contribution in [3.8, 4) is 6.07 Å². The maximum Gasteiger partial charge on any atom is 0.151 e. The largest absolute Gasteiger partial charge is 0.379 e. The Hall–Kier alpha value is -1.04. The van der Waals surface area contributed by atoms with Gasteiger partial charge in [0.1, 0.15) is 35.5 Å². The van der Waals surface area contributed by atoms with Gasteiger partial charge in [0.2, 0.25) is 0 Å². The van der Waals surface area contributed by atoms with Gasteiger partial charge in [0.05, 0.1) is 6.61 Å². The number of hydrogen-bond donors (Lipinski definition) is 0. The minimum atomic E-state index is -0.325. The molecule has 2 heterocycles. The van der Waals surface area contributed by atoms with E-state index in [1.165, 1.54) is 24.2 Å². The second-order valence-corrected chi connectivity index (χ2v) is 9.03. The summed E-state index contributed by atoms with van der Waals surface area (Å²) < 4.78 is 25.0. The standard InChI is InChI=1S/C24H40N2O4S/c1-4-7-10-13-27-17-20-21(28-14-11-8-5-2)22(29-15-12-9-6-3)23(30-20)24-26-19(16-25)18-31-24/h18,20-23H,4-15,17H2,1-3H3/t20-,21-,22-,23-/m1/s1. The lowest BCUT2D eigenvalue weighted by atomic mass is 10.1. The SMILES string of the molecule is CCCCCOC[C@H]1O[C@@H](c2nc(C#N)cs2)[C@H](OCCCCC)[C@@H]1OCCCCC. The molecule has 1 aromatic rings. The normalized spacial score (nSPS) is 23.3. The van der Waals surface area contributed by atoms with Crippen molar-refractivity contribution < 1.29 is 18.9 Å². The number of hydrogen-bond acceptors (Lipinski definition) is 7. The van der Waals surface area contributed by atoms with Gasteiger partial charge in [-0.15, -0.1) is 11.3 Å². The number of aromatic nitrogens is 1. The third-order valence-corrected chi connectivity index (χ3v) is 6.39. The van der Waals surface area contributed by atoms with E-state index in [2.05, 4.69) is 31.8 Å². The van der Waals surface area contributed by atoms with Crippen LogP contribution in [-0.2, 0) is 18.9 Å². The molecule has 4 atom stereocenters. The van der Waals surface area contributed by atoms with E-state index in [-0.39, 0.29) is 24.4 Å². The zero-order valence-electron chi connectivity index (χ0n) is 19.5. The number of nitrogens with zero attached hydrogens (tertiary/aromatic N) is 2. The molecule has 2 rings (SSSR count). The Bertz CT molecular complexity index is 633. The predicted molar refractivity (Wildman–Crippen MR) is 123 cm³/mol. The monoisotopic (exact) mass is 452 g/mol. The Morgan fingerprint density at radius 2 is 1.55 bits per heavy atom. The number of unbranched alkanes of at least 4 members (excludes halogenated alkanes) is 6. The van der Waals surface area contributed by atoms with E-state index < -0.39 is 0 Å². The summed E-state index contributed by atoms with van der Waals surface area (Å²) in [6.07, 6.45) is 9.09. The molecule has 0 spiro atoms. The fourth-order valence-electron chi connectivity index (χ4n) is 3.71. The lowest BCUT2D eigenvalue weighted by Gasteiger charge is -2.24. The Balaban J connectivity index is 2.09. The first-order valence-electron chi connectivity index (χ1n) is 12.1. The summed E-state index contributed by atoms with van der Waals surface area (Å²) in [5.74, 6) is 0. The molecule has 0 unspecified atom stereocenters. The van der Waals surface area contributed by atoms with Crippen molar-refractivity contribution in [2.75, 3.05) is 26.4 Å². The zero-order valence-corrected chi connectivity index (χ0v) is 20.3. The molecule has 31 heavy (non-hydrogen) atoms. The van der Waals surface area contributed by atoms with E-state index in [0.29, 0.717) is 25.5 Å². The quantitative estimate of drug-likeness (QED) is 0.278. The average Bonchev–Trinajstić information content (AvgIpc) is 3.39. The molecule has 0 N–H and O–H groups in total. The molecule has 0 aliphatic carbocycles. The van der Waals surface area contributed by atoms with Crippen LogP contribution >= 0.6 is 11.3 Å². The first-order valence-corrected chi connectivity index (χ1v) is 12.9. The third kappa shape index (κ3) is 8.78. The summed E-state index contributed by atoms with van der Waals surface area (Å²) in [5.41, 5.74) is 0.424. The topological polar surface area (TPSA) is 73.6 Å². The van der Waals surface area contributed by atoms with Crippen LogP contribution in [0.15, 0.2) is 5.38 Å². The highest BCUT2D eigenvalue weighted by molar-refractivity contribution is 7.09. The number of nitriles is 1. The first-order chi connectivity index (χ1) is 15.2. The van der Waals surface area contributed by atoms with Gasteiger partial charge in [-0.3, -0.25) is 0 Å². The van der Waals surface area contributed by atoms with Crippen LogP contribution in [0.5, 0.6) is 0 Å². The van der Waals surface area contributed by atoms with Crippen LogP contribution in [0.2, 0.25) is 0 Å². The van der Waals surface area contributed by atoms with E-state index in [9.17, 15) is 5.26 Å². The molecule has 1 saturated heterocycles. The highest BCUT2D eigenvalue weighted by Gasteiger charge is 2.48. The molecular weight excluding hydrogens is 412 g/mol. The van der Waals surface area contributed by atoms with Gasteiger partial charge < -0.3 is 18.9 Å². The summed E-state index contributed by atoms with van der Waals surface area (Å²) in [4.78, 5) is 4.46. The van der Waals surface area contributed by atoms with E-state index >= 15 is 0 Å². The fraction of sp³-hybridized carbons (Fsp3) is 0.833. The molecule has 0 amide bonds. The van der Waals surface area contributed by atoms with Gasteiger partial charge in [0, 0.05) is 25.2 Å². The van der Waals surface area contributed by atoms with Crippen LogP contribution in [0.3, 0.4) is 0 Å². The van der Waals surface area contributed by atoms with Crippen LogP contribution in [0.25, 0.3) is 0 Å². The smallest absolute Gasteiger partial charge is 0.151 e. The molecule has 1 fully saturated rings. The molecule has 6 nitrogen and oxygen atoms in total. The molecular formula is C24H40N2O4S. The van der Waals surface area contributed by atoms with Crippen LogP contribution < -0.4 is 0 Å². The Morgan fingerprint density at radius 1 is 0.935 bits per heavy atom. The maximum atomic E-state index is 9.20. The second-order valence-electron chi connectivity index (χ2n) is 8.14. The van der Waals surface area contributed by atoms with Crippen LogP contribution in [0.4, 0.5) is 0 Å². The van der Waals surface area contributed by atoms with Gasteiger partial charge in [-0.1, -0.05) is 59.3 Å². The number of ether oxygens (including phenoxy) is 4. The molecule has 176 valence electrons. The van der Waals surface area contributed by atoms with Crippen molar-refractivity contribution in [1.82, 2.24) is 4.98 Å². The highest BCUT2D eigenvalue weighted by Crippen LogP contribution is 2.39. The number of rotatable bonds is 17. The summed E-state index contributed by atoms with van der Waals surface area (Å²) in [5, 5.41) is 11.8. The van der Waals surface area contributed by atoms with Crippen molar-refractivity contribution in [2.45, 2.75) is 103 Å². The van der Waals surface area contributed by atoms with Crippen molar-refractivity contribution >= 4 is 11.3 Å². The Kier molecular flexibility index (Phi) is 13.3. The van der Waals surface area contributed by atoms with Crippen LogP contribution in [0, 0.1) is 11.3 Å². The van der Waals surface area contributed by atoms with E-state index in [1.54, 1.807) is 5.38 Å². The third-order valence-electron chi connectivity index (χ3n) is 5.48.